The summed E-state index contributed by atoms with van der Waals surface area (Å²) in [6, 6.07) is 2.09. The molecule has 2 heterocycles. The fourth-order valence-corrected chi connectivity index (χ4v) is 1.55. The Hall–Kier alpha value is -1.62. The number of anilines is 1. The molecule has 0 unspecified atom stereocenters. The van der Waals surface area contributed by atoms with E-state index >= 15 is 0 Å². The Bertz CT molecular complexity index is 466. The first kappa shape index (κ1) is 10.9. The number of hydrogen-bond acceptors (Lipinski definition) is 4. The summed E-state index contributed by atoms with van der Waals surface area (Å²) < 4.78 is 0. The van der Waals surface area contributed by atoms with Crippen molar-refractivity contribution in [2.75, 3.05) is 5.32 Å². The molecule has 0 saturated heterocycles. The van der Waals surface area contributed by atoms with Crippen molar-refractivity contribution in [3.63, 3.8) is 0 Å². The molecule has 0 radical (unpaired) electrons. The molecule has 84 valence electrons. The molecule has 0 bridgehead atoms. The second kappa shape index (κ2) is 4.49. The van der Waals surface area contributed by atoms with E-state index in [9.17, 15) is 0 Å². The van der Waals surface area contributed by atoms with Crippen molar-refractivity contribution in [3.05, 3.63) is 23.6 Å². The summed E-state index contributed by atoms with van der Waals surface area (Å²) in [6.45, 7) is 4.11. The summed E-state index contributed by atoms with van der Waals surface area (Å²) >= 11 is 5.87. The fourth-order valence-electron chi connectivity index (χ4n) is 1.40. The molecule has 0 saturated carbocycles. The number of nitrogens with one attached hydrogen (secondary N) is 2. The minimum atomic E-state index is 0.309. The Morgan fingerprint density at radius 3 is 2.81 bits per heavy atom. The lowest BCUT2D eigenvalue weighted by atomic mass is 10.1. The van der Waals surface area contributed by atoms with Gasteiger partial charge in [-0.25, -0.2) is 4.98 Å². The number of nitrogens with zero attached hydrogens (tertiary/aromatic N) is 3. The Labute approximate surface area is 98.2 Å². The zero-order valence-corrected chi connectivity index (χ0v) is 9.78. The third kappa shape index (κ3) is 2.30. The second-order valence-electron chi connectivity index (χ2n) is 3.71. The molecule has 0 atom stereocenters. The Morgan fingerprint density at radius 1 is 1.38 bits per heavy atom. The average Bonchev–Trinajstić information content (AvgIpc) is 2.69. The van der Waals surface area contributed by atoms with Crippen LogP contribution in [0, 0.1) is 0 Å². The number of aromatic nitrogens is 4. The lowest BCUT2D eigenvalue weighted by Crippen LogP contribution is -2.10. The molecule has 0 fully saturated rings. The highest BCUT2D eigenvalue weighted by atomic mass is 35.5. The SMILES string of the molecule is CC(C)Nc1cc(Cl)ncc1-c1cn[nH]n1. The van der Waals surface area contributed by atoms with Gasteiger partial charge in [0.05, 0.1) is 6.20 Å². The first-order valence-electron chi connectivity index (χ1n) is 4.95. The first-order chi connectivity index (χ1) is 7.66. The van der Waals surface area contributed by atoms with E-state index in [-0.39, 0.29) is 0 Å². The third-order valence-electron chi connectivity index (χ3n) is 2.01. The Morgan fingerprint density at radius 2 is 2.19 bits per heavy atom. The predicted molar refractivity (Wildman–Crippen MR) is 63.4 cm³/mol. The van der Waals surface area contributed by atoms with Crippen molar-refractivity contribution < 1.29 is 0 Å². The van der Waals surface area contributed by atoms with Crippen molar-refractivity contribution in [3.8, 4) is 11.3 Å². The number of pyridine rings is 1. The number of H-pyrrole nitrogens is 1. The highest BCUT2D eigenvalue weighted by Crippen LogP contribution is 2.27. The molecule has 0 aliphatic heterocycles. The van der Waals surface area contributed by atoms with E-state index < -0.39 is 0 Å². The number of aromatic amines is 1. The topological polar surface area (TPSA) is 66.5 Å². The number of hydrogen-bond donors (Lipinski definition) is 2. The van der Waals surface area contributed by atoms with E-state index in [1.54, 1.807) is 18.5 Å². The fraction of sp³-hybridized carbons (Fsp3) is 0.300. The van der Waals surface area contributed by atoms with Crippen LogP contribution in [0.2, 0.25) is 5.15 Å². The van der Waals surface area contributed by atoms with E-state index in [0.29, 0.717) is 11.2 Å². The zero-order chi connectivity index (χ0) is 11.5. The first-order valence-corrected chi connectivity index (χ1v) is 5.33. The monoisotopic (exact) mass is 237 g/mol. The summed E-state index contributed by atoms with van der Waals surface area (Å²) in [5, 5.41) is 14.1. The van der Waals surface area contributed by atoms with Crippen LogP contribution in [-0.2, 0) is 0 Å². The molecule has 0 spiro atoms. The van der Waals surface area contributed by atoms with E-state index in [4.69, 9.17) is 11.6 Å². The van der Waals surface area contributed by atoms with E-state index in [0.717, 1.165) is 16.9 Å². The summed E-state index contributed by atoms with van der Waals surface area (Å²) in [5.74, 6) is 0. The van der Waals surface area contributed by atoms with Gasteiger partial charge in [0.25, 0.3) is 0 Å². The van der Waals surface area contributed by atoms with Gasteiger partial charge in [-0.05, 0) is 19.9 Å². The van der Waals surface area contributed by atoms with Crippen LogP contribution in [0.25, 0.3) is 11.3 Å². The van der Waals surface area contributed by atoms with Gasteiger partial charge >= 0.3 is 0 Å². The van der Waals surface area contributed by atoms with Crippen molar-refractivity contribution in [1.29, 1.82) is 0 Å². The van der Waals surface area contributed by atoms with Crippen LogP contribution < -0.4 is 5.32 Å². The smallest absolute Gasteiger partial charge is 0.131 e. The average molecular weight is 238 g/mol. The minimum absolute atomic E-state index is 0.309. The molecule has 0 amide bonds. The predicted octanol–water partition coefficient (Wildman–Crippen LogP) is 2.34. The van der Waals surface area contributed by atoms with Crippen LogP contribution in [0.5, 0.6) is 0 Å². The Kier molecular flexibility index (Phi) is 3.05. The molecular formula is C10H12ClN5. The summed E-state index contributed by atoms with van der Waals surface area (Å²) in [6.07, 6.45) is 3.33. The molecule has 2 aromatic rings. The van der Waals surface area contributed by atoms with Crippen LogP contribution in [0.4, 0.5) is 5.69 Å². The normalized spacial score (nSPS) is 10.8. The van der Waals surface area contributed by atoms with E-state index in [1.165, 1.54) is 0 Å². The van der Waals surface area contributed by atoms with Crippen LogP contribution in [0.3, 0.4) is 0 Å². The van der Waals surface area contributed by atoms with Gasteiger partial charge < -0.3 is 5.32 Å². The third-order valence-corrected chi connectivity index (χ3v) is 2.21. The van der Waals surface area contributed by atoms with E-state index in [1.807, 2.05) is 0 Å². The lowest BCUT2D eigenvalue weighted by molar-refractivity contribution is 0.898. The molecule has 6 heteroatoms. The molecule has 0 aliphatic rings. The van der Waals surface area contributed by atoms with Crippen molar-refractivity contribution in [1.82, 2.24) is 20.4 Å². The molecule has 2 N–H and O–H groups in total. The number of rotatable bonds is 3. The van der Waals surface area contributed by atoms with Gasteiger partial charge in [-0.2, -0.15) is 15.4 Å². The lowest BCUT2D eigenvalue weighted by Gasteiger charge is -2.13. The van der Waals surface area contributed by atoms with Crippen LogP contribution in [0.1, 0.15) is 13.8 Å². The minimum Gasteiger partial charge on any atom is -0.382 e. The molecule has 16 heavy (non-hydrogen) atoms. The van der Waals surface area contributed by atoms with Crippen molar-refractivity contribution in [2.45, 2.75) is 19.9 Å². The molecule has 0 aliphatic carbocycles. The van der Waals surface area contributed by atoms with Gasteiger partial charge in [-0.1, -0.05) is 11.6 Å². The van der Waals surface area contributed by atoms with Crippen molar-refractivity contribution in [2.24, 2.45) is 0 Å². The number of halogens is 1. The van der Waals surface area contributed by atoms with Crippen LogP contribution in [-0.4, -0.2) is 26.4 Å². The van der Waals surface area contributed by atoms with Crippen LogP contribution >= 0.6 is 11.6 Å². The van der Waals surface area contributed by atoms with Gasteiger partial charge in [0, 0.05) is 23.5 Å². The van der Waals surface area contributed by atoms with Gasteiger partial charge in [0.1, 0.15) is 10.8 Å². The van der Waals surface area contributed by atoms with Gasteiger partial charge in [-0.15, -0.1) is 0 Å². The molecule has 2 aromatic heterocycles. The Balaban J connectivity index is 2.44. The molecule has 0 aromatic carbocycles. The summed E-state index contributed by atoms with van der Waals surface area (Å²) in [4.78, 5) is 4.05. The van der Waals surface area contributed by atoms with Gasteiger partial charge in [0.15, 0.2) is 0 Å². The maximum atomic E-state index is 5.87. The highest BCUT2D eigenvalue weighted by Gasteiger charge is 2.09. The standard InChI is InChI=1S/C10H12ClN5/c1-6(2)14-8-3-10(11)12-4-7(8)9-5-13-16-15-9/h3-6H,1-2H3,(H,12,14)(H,13,15,16). The maximum Gasteiger partial charge on any atom is 0.131 e. The van der Waals surface area contributed by atoms with Crippen molar-refractivity contribution >= 4 is 17.3 Å². The van der Waals surface area contributed by atoms with Gasteiger partial charge in [0.2, 0.25) is 0 Å². The molecular weight excluding hydrogens is 226 g/mol. The van der Waals surface area contributed by atoms with Gasteiger partial charge in [-0.3, -0.25) is 0 Å². The largest absolute Gasteiger partial charge is 0.382 e. The quantitative estimate of drug-likeness (QED) is 0.805. The van der Waals surface area contributed by atoms with Crippen LogP contribution in [0.15, 0.2) is 18.5 Å². The zero-order valence-electron chi connectivity index (χ0n) is 9.03. The molecule has 5 nitrogen and oxygen atoms in total. The summed E-state index contributed by atoms with van der Waals surface area (Å²) in [5.41, 5.74) is 2.53. The molecule has 2 rings (SSSR count). The summed E-state index contributed by atoms with van der Waals surface area (Å²) in [7, 11) is 0. The maximum absolute atomic E-state index is 5.87. The van der Waals surface area contributed by atoms with E-state index in [2.05, 4.69) is 39.6 Å². The second-order valence-corrected chi connectivity index (χ2v) is 4.09. The highest BCUT2D eigenvalue weighted by molar-refractivity contribution is 6.29.